The average Bonchev–Trinajstić information content (AvgIpc) is 3.22. The van der Waals surface area contributed by atoms with Crippen LogP contribution in [0.1, 0.15) is 37.7 Å². The molecule has 2 N–H and O–H groups in total. The topological polar surface area (TPSA) is 58.6 Å². The van der Waals surface area contributed by atoms with Gasteiger partial charge in [-0.1, -0.05) is 30.3 Å². The Balaban J connectivity index is 1.80. The van der Waals surface area contributed by atoms with E-state index in [-0.39, 0.29) is 25.5 Å². The van der Waals surface area contributed by atoms with Crippen LogP contribution < -0.4 is 5.32 Å². The van der Waals surface area contributed by atoms with Crippen molar-refractivity contribution in [2.24, 2.45) is 5.92 Å². The van der Waals surface area contributed by atoms with Gasteiger partial charge in [0.1, 0.15) is 6.61 Å². The molecule has 1 unspecified atom stereocenters. The van der Waals surface area contributed by atoms with Crippen molar-refractivity contribution in [1.29, 1.82) is 0 Å². The molecule has 0 spiro atoms. The second-order valence-corrected chi connectivity index (χ2v) is 6.82. The molecule has 1 aromatic carbocycles. The summed E-state index contributed by atoms with van der Waals surface area (Å²) in [5.41, 5.74) is -1.71. The van der Waals surface area contributed by atoms with Crippen molar-refractivity contribution in [3.63, 3.8) is 0 Å². The second-order valence-electron chi connectivity index (χ2n) is 6.82. The molecule has 1 aliphatic carbocycles. The van der Waals surface area contributed by atoms with E-state index in [0.29, 0.717) is 5.56 Å². The fourth-order valence-corrected chi connectivity index (χ4v) is 3.70. The standard InChI is InChI=1S/C18H23F2NO3/c19-17(20)9-8-14(11-17)18(23,13-5-2-1-3-6-13)16(22)24-12-15-7-4-10-21-15/h1-3,5-6,14-15,21,23H,4,7-12H2/t14-,15?,18+/m1/s1. The Labute approximate surface area is 140 Å². The summed E-state index contributed by atoms with van der Waals surface area (Å²) in [5.74, 6) is -4.52. The number of aliphatic hydroxyl groups is 1. The van der Waals surface area contributed by atoms with Gasteiger partial charge in [-0.2, -0.15) is 0 Å². The molecule has 3 rings (SSSR count). The van der Waals surface area contributed by atoms with Crippen molar-refractivity contribution in [2.75, 3.05) is 13.2 Å². The maximum absolute atomic E-state index is 13.7. The molecule has 2 fully saturated rings. The van der Waals surface area contributed by atoms with Crippen molar-refractivity contribution in [3.05, 3.63) is 35.9 Å². The number of hydrogen-bond donors (Lipinski definition) is 2. The monoisotopic (exact) mass is 339 g/mol. The van der Waals surface area contributed by atoms with Gasteiger partial charge in [-0.3, -0.25) is 0 Å². The molecular weight excluding hydrogens is 316 g/mol. The highest BCUT2D eigenvalue weighted by Crippen LogP contribution is 2.47. The number of hydrogen-bond acceptors (Lipinski definition) is 4. The first-order valence-corrected chi connectivity index (χ1v) is 8.48. The lowest BCUT2D eigenvalue weighted by Gasteiger charge is -2.32. The molecule has 24 heavy (non-hydrogen) atoms. The van der Waals surface area contributed by atoms with Gasteiger partial charge in [0.25, 0.3) is 0 Å². The highest BCUT2D eigenvalue weighted by Gasteiger charge is 2.54. The van der Waals surface area contributed by atoms with Crippen LogP contribution >= 0.6 is 0 Å². The summed E-state index contributed by atoms with van der Waals surface area (Å²) in [7, 11) is 0. The molecule has 1 aliphatic heterocycles. The Morgan fingerprint density at radius 2 is 2.08 bits per heavy atom. The lowest BCUT2D eigenvalue weighted by atomic mass is 9.80. The van der Waals surface area contributed by atoms with E-state index in [1.807, 2.05) is 0 Å². The zero-order valence-corrected chi connectivity index (χ0v) is 13.5. The van der Waals surface area contributed by atoms with Crippen molar-refractivity contribution >= 4 is 5.97 Å². The maximum atomic E-state index is 13.7. The minimum absolute atomic E-state index is 0.0685. The lowest BCUT2D eigenvalue weighted by Crippen LogP contribution is -2.45. The predicted octanol–water partition coefficient (Wildman–Crippen LogP) is 2.60. The number of alkyl halides is 2. The highest BCUT2D eigenvalue weighted by atomic mass is 19.3. The molecule has 4 nitrogen and oxygen atoms in total. The van der Waals surface area contributed by atoms with Crippen molar-refractivity contribution in [2.45, 2.75) is 49.7 Å². The van der Waals surface area contributed by atoms with E-state index < -0.39 is 29.8 Å². The van der Waals surface area contributed by atoms with Gasteiger partial charge in [0.2, 0.25) is 5.92 Å². The summed E-state index contributed by atoms with van der Waals surface area (Å²) >= 11 is 0. The molecule has 132 valence electrons. The second kappa shape index (κ2) is 6.76. The molecule has 6 heteroatoms. The largest absolute Gasteiger partial charge is 0.462 e. The van der Waals surface area contributed by atoms with Crippen LogP contribution in [0.25, 0.3) is 0 Å². The highest BCUT2D eigenvalue weighted by molar-refractivity contribution is 5.81. The Hall–Kier alpha value is -1.53. The SMILES string of the molecule is O=C(OCC1CCCN1)[C@](O)(c1ccccc1)[C@@H]1CCC(F)(F)C1. The zero-order valence-electron chi connectivity index (χ0n) is 13.5. The fraction of sp³-hybridized carbons (Fsp3) is 0.611. The van der Waals surface area contributed by atoms with Crippen LogP contribution in [0.15, 0.2) is 30.3 Å². The quantitative estimate of drug-likeness (QED) is 0.810. The van der Waals surface area contributed by atoms with Crippen LogP contribution in [0.2, 0.25) is 0 Å². The van der Waals surface area contributed by atoms with Crippen LogP contribution in [-0.2, 0) is 15.1 Å². The first kappa shape index (κ1) is 17.3. The molecule has 0 bridgehead atoms. The van der Waals surface area contributed by atoms with Gasteiger partial charge in [-0.05, 0) is 31.4 Å². The minimum atomic E-state index is -2.85. The summed E-state index contributed by atoms with van der Waals surface area (Å²) < 4.78 is 32.7. The summed E-state index contributed by atoms with van der Waals surface area (Å²) in [4.78, 5) is 12.7. The van der Waals surface area contributed by atoms with Gasteiger partial charge in [0.05, 0.1) is 0 Å². The summed E-state index contributed by atoms with van der Waals surface area (Å²) in [6.07, 6.45) is 1.19. The minimum Gasteiger partial charge on any atom is -0.462 e. The number of ether oxygens (including phenoxy) is 1. The van der Waals surface area contributed by atoms with Gasteiger partial charge in [-0.25, -0.2) is 13.6 Å². The van der Waals surface area contributed by atoms with Crippen molar-refractivity contribution < 1.29 is 23.4 Å². The van der Waals surface area contributed by atoms with E-state index in [2.05, 4.69) is 5.32 Å². The van der Waals surface area contributed by atoms with Crippen molar-refractivity contribution in [1.82, 2.24) is 5.32 Å². The summed E-state index contributed by atoms with van der Waals surface area (Å²) in [6.45, 7) is 1.02. The first-order chi connectivity index (χ1) is 11.4. The van der Waals surface area contributed by atoms with Crippen molar-refractivity contribution in [3.8, 4) is 0 Å². The molecule has 1 aromatic rings. The van der Waals surface area contributed by atoms with Crippen LogP contribution in [0.4, 0.5) is 8.78 Å². The zero-order chi connectivity index (χ0) is 17.2. The number of rotatable bonds is 5. The average molecular weight is 339 g/mol. The van der Waals surface area contributed by atoms with Gasteiger partial charge in [0.15, 0.2) is 5.60 Å². The van der Waals surface area contributed by atoms with E-state index in [0.717, 1.165) is 19.4 Å². The Morgan fingerprint density at radius 3 is 2.67 bits per heavy atom. The third-order valence-electron chi connectivity index (χ3n) is 5.10. The lowest BCUT2D eigenvalue weighted by molar-refractivity contribution is -0.175. The molecule has 1 saturated heterocycles. The summed E-state index contributed by atoms with van der Waals surface area (Å²) in [6, 6.07) is 8.36. The van der Waals surface area contributed by atoms with Crippen LogP contribution in [0.3, 0.4) is 0 Å². The number of benzene rings is 1. The van der Waals surface area contributed by atoms with Crippen LogP contribution in [-0.4, -0.2) is 36.2 Å². The Kier molecular flexibility index (Phi) is 4.88. The normalized spacial score (nSPS) is 28.5. The smallest absolute Gasteiger partial charge is 0.343 e. The molecule has 2 aliphatic rings. The summed E-state index contributed by atoms with van der Waals surface area (Å²) in [5, 5.41) is 14.3. The van der Waals surface area contributed by atoms with E-state index in [1.54, 1.807) is 30.3 Å². The number of nitrogens with one attached hydrogen (secondary N) is 1. The molecule has 3 atom stereocenters. The van der Waals surface area contributed by atoms with Gasteiger partial charge in [-0.15, -0.1) is 0 Å². The van der Waals surface area contributed by atoms with Gasteiger partial charge >= 0.3 is 5.97 Å². The Morgan fingerprint density at radius 1 is 1.33 bits per heavy atom. The number of halogens is 2. The predicted molar refractivity (Wildman–Crippen MR) is 84.6 cm³/mol. The number of carbonyl (C=O) groups is 1. The molecule has 0 radical (unpaired) electrons. The number of esters is 1. The van der Waals surface area contributed by atoms with E-state index in [4.69, 9.17) is 4.74 Å². The van der Waals surface area contributed by atoms with Crippen LogP contribution in [0.5, 0.6) is 0 Å². The van der Waals surface area contributed by atoms with Gasteiger partial charge < -0.3 is 15.2 Å². The third kappa shape index (κ3) is 3.44. The third-order valence-corrected chi connectivity index (χ3v) is 5.10. The first-order valence-electron chi connectivity index (χ1n) is 8.48. The molecule has 1 saturated carbocycles. The Bertz CT molecular complexity index is 575. The van der Waals surface area contributed by atoms with Crippen LogP contribution in [0, 0.1) is 5.92 Å². The fourth-order valence-electron chi connectivity index (χ4n) is 3.70. The molecule has 0 aromatic heterocycles. The molecule has 1 heterocycles. The molecular formula is C18H23F2NO3. The maximum Gasteiger partial charge on any atom is 0.343 e. The van der Waals surface area contributed by atoms with E-state index in [9.17, 15) is 18.7 Å². The molecule has 0 amide bonds. The number of carbonyl (C=O) groups excluding carboxylic acids is 1. The van der Waals surface area contributed by atoms with E-state index in [1.165, 1.54) is 0 Å². The van der Waals surface area contributed by atoms with Gasteiger partial charge in [0, 0.05) is 24.8 Å². The van der Waals surface area contributed by atoms with E-state index >= 15 is 0 Å².